The minimum Gasteiger partial charge on any atom is -0.345 e. The monoisotopic (exact) mass is 404 g/mol. The van der Waals surface area contributed by atoms with E-state index in [4.69, 9.17) is 0 Å². The lowest BCUT2D eigenvalue weighted by atomic mass is 10.0. The molecule has 0 spiro atoms. The van der Waals surface area contributed by atoms with Crippen LogP contribution in [0.3, 0.4) is 0 Å². The van der Waals surface area contributed by atoms with Crippen LogP contribution in [0.2, 0.25) is 0 Å². The molecule has 0 radical (unpaired) electrons. The minimum absolute atomic E-state index is 0.0782. The summed E-state index contributed by atoms with van der Waals surface area (Å²) in [5.74, 6) is -0.550. The van der Waals surface area contributed by atoms with Crippen LogP contribution < -0.4 is 10.6 Å². The molecule has 0 atom stereocenters. The predicted octanol–water partition coefficient (Wildman–Crippen LogP) is 1.86. The standard InChI is InChI=1S/C21H36N6O2/c1-3-5-12-26-13-7-17(8-14-26)23-20(28)21(29)24-19-6-11-22-27(19)18-9-15-25(4-2)16-10-18/h6,11,17-18H,3-5,7-10,12-16H2,1-2H3,(H,23,28)(H,24,29). The molecule has 0 unspecified atom stereocenters. The highest BCUT2D eigenvalue weighted by Gasteiger charge is 2.26. The summed E-state index contributed by atoms with van der Waals surface area (Å²) in [7, 11) is 0. The Bertz CT molecular complexity index is 660. The second-order valence-corrected chi connectivity index (χ2v) is 8.22. The fraction of sp³-hybridized carbons (Fsp3) is 0.762. The van der Waals surface area contributed by atoms with Crippen molar-refractivity contribution < 1.29 is 9.59 Å². The number of hydrogen-bond acceptors (Lipinski definition) is 5. The van der Waals surface area contributed by atoms with Gasteiger partial charge in [0.15, 0.2) is 0 Å². The Morgan fingerprint density at radius 3 is 2.38 bits per heavy atom. The van der Waals surface area contributed by atoms with Crippen molar-refractivity contribution >= 4 is 17.6 Å². The van der Waals surface area contributed by atoms with Crippen LogP contribution in [0, 0.1) is 0 Å². The molecule has 8 heteroatoms. The molecule has 0 bridgehead atoms. The Balaban J connectivity index is 1.46. The van der Waals surface area contributed by atoms with Crippen LogP contribution in [0.1, 0.15) is 58.4 Å². The van der Waals surface area contributed by atoms with Gasteiger partial charge in [-0.3, -0.25) is 9.59 Å². The molecule has 8 nitrogen and oxygen atoms in total. The number of aromatic nitrogens is 2. The summed E-state index contributed by atoms with van der Waals surface area (Å²) in [6.07, 6.45) is 7.90. The van der Waals surface area contributed by atoms with E-state index in [-0.39, 0.29) is 12.1 Å². The van der Waals surface area contributed by atoms with Gasteiger partial charge in [0.05, 0.1) is 12.2 Å². The molecular weight excluding hydrogens is 368 g/mol. The van der Waals surface area contributed by atoms with Gasteiger partial charge in [0.1, 0.15) is 5.82 Å². The summed E-state index contributed by atoms with van der Waals surface area (Å²) in [4.78, 5) is 29.7. The lowest BCUT2D eigenvalue weighted by molar-refractivity contribution is -0.136. The maximum absolute atomic E-state index is 12.4. The SMILES string of the molecule is CCCCN1CCC(NC(=O)C(=O)Nc2ccnn2C2CCN(CC)CC2)CC1. The number of nitrogens with zero attached hydrogens (tertiary/aromatic N) is 4. The first kappa shape index (κ1) is 21.8. The number of rotatable bonds is 7. The van der Waals surface area contributed by atoms with Crippen LogP contribution >= 0.6 is 0 Å². The van der Waals surface area contributed by atoms with Gasteiger partial charge in [0.2, 0.25) is 0 Å². The fourth-order valence-electron chi connectivity index (χ4n) is 4.29. The van der Waals surface area contributed by atoms with Gasteiger partial charge in [-0.05, 0) is 45.2 Å². The molecule has 2 aliphatic heterocycles. The summed E-state index contributed by atoms with van der Waals surface area (Å²) in [5, 5.41) is 10.1. The van der Waals surface area contributed by atoms with Crippen LogP contribution in [0.5, 0.6) is 0 Å². The van der Waals surface area contributed by atoms with Crippen molar-refractivity contribution in [2.24, 2.45) is 0 Å². The fourth-order valence-corrected chi connectivity index (χ4v) is 4.29. The summed E-state index contributed by atoms with van der Waals surface area (Å²) in [6.45, 7) is 10.6. The van der Waals surface area contributed by atoms with Crippen molar-refractivity contribution in [3.8, 4) is 0 Å². The molecule has 0 aromatic carbocycles. The second kappa shape index (κ2) is 10.7. The number of carbonyl (C=O) groups is 2. The van der Waals surface area contributed by atoms with E-state index in [9.17, 15) is 9.59 Å². The molecule has 0 saturated carbocycles. The van der Waals surface area contributed by atoms with Gasteiger partial charge >= 0.3 is 11.8 Å². The van der Waals surface area contributed by atoms with Gasteiger partial charge in [-0.15, -0.1) is 0 Å². The third-order valence-corrected chi connectivity index (χ3v) is 6.22. The summed E-state index contributed by atoms with van der Waals surface area (Å²) >= 11 is 0. The predicted molar refractivity (Wildman–Crippen MR) is 114 cm³/mol. The third-order valence-electron chi connectivity index (χ3n) is 6.22. The minimum atomic E-state index is -0.605. The van der Waals surface area contributed by atoms with E-state index in [0.717, 1.165) is 65.0 Å². The zero-order valence-corrected chi connectivity index (χ0v) is 17.9. The van der Waals surface area contributed by atoms with Crippen molar-refractivity contribution in [3.63, 3.8) is 0 Å². The van der Waals surface area contributed by atoms with Gasteiger partial charge in [-0.2, -0.15) is 5.10 Å². The Morgan fingerprint density at radius 2 is 1.72 bits per heavy atom. The van der Waals surface area contributed by atoms with Crippen molar-refractivity contribution in [3.05, 3.63) is 12.3 Å². The Labute approximate surface area is 174 Å². The maximum Gasteiger partial charge on any atom is 0.314 e. The zero-order chi connectivity index (χ0) is 20.6. The van der Waals surface area contributed by atoms with Gasteiger partial charge in [-0.25, -0.2) is 4.68 Å². The first-order valence-electron chi connectivity index (χ1n) is 11.2. The normalized spacial score (nSPS) is 19.9. The molecule has 1 aromatic heterocycles. The van der Waals surface area contributed by atoms with E-state index in [1.165, 1.54) is 12.8 Å². The van der Waals surface area contributed by atoms with Crippen LogP contribution in [0.15, 0.2) is 12.3 Å². The largest absolute Gasteiger partial charge is 0.345 e. The molecule has 1 aromatic rings. The Kier molecular flexibility index (Phi) is 8.06. The number of amides is 2. The average molecular weight is 405 g/mol. The number of likely N-dealkylation sites (tertiary alicyclic amines) is 2. The number of piperidine rings is 2. The molecule has 162 valence electrons. The van der Waals surface area contributed by atoms with Gasteiger partial charge < -0.3 is 20.4 Å². The number of nitrogens with one attached hydrogen (secondary N) is 2. The van der Waals surface area contributed by atoms with Crippen molar-refractivity contribution in [1.29, 1.82) is 0 Å². The number of anilines is 1. The summed E-state index contributed by atoms with van der Waals surface area (Å²) < 4.78 is 1.87. The highest BCUT2D eigenvalue weighted by atomic mass is 16.2. The summed E-state index contributed by atoms with van der Waals surface area (Å²) in [5.41, 5.74) is 0. The van der Waals surface area contributed by atoms with E-state index in [0.29, 0.717) is 5.82 Å². The molecule has 29 heavy (non-hydrogen) atoms. The van der Waals surface area contributed by atoms with E-state index >= 15 is 0 Å². The molecule has 2 saturated heterocycles. The second-order valence-electron chi connectivity index (χ2n) is 8.22. The molecule has 2 fully saturated rings. The maximum atomic E-state index is 12.4. The molecule has 3 heterocycles. The number of carbonyl (C=O) groups excluding carboxylic acids is 2. The van der Waals surface area contributed by atoms with E-state index in [1.807, 2.05) is 4.68 Å². The highest BCUT2D eigenvalue weighted by Crippen LogP contribution is 2.25. The van der Waals surface area contributed by atoms with Crippen LogP contribution in [0.4, 0.5) is 5.82 Å². The lowest BCUT2D eigenvalue weighted by Gasteiger charge is -2.32. The summed E-state index contributed by atoms with van der Waals surface area (Å²) in [6, 6.07) is 2.11. The first-order valence-corrected chi connectivity index (χ1v) is 11.2. The first-order chi connectivity index (χ1) is 14.1. The number of hydrogen-bond donors (Lipinski definition) is 2. The van der Waals surface area contributed by atoms with Crippen LogP contribution in [-0.2, 0) is 9.59 Å². The topological polar surface area (TPSA) is 82.5 Å². The molecule has 2 aliphatic rings. The smallest absolute Gasteiger partial charge is 0.314 e. The van der Waals surface area contributed by atoms with Crippen LogP contribution in [-0.4, -0.2) is 76.7 Å². The van der Waals surface area contributed by atoms with E-state index in [1.54, 1.807) is 12.3 Å². The molecule has 2 N–H and O–H groups in total. The molecule has 0 aliphatic carbocycles. The van der Waals surface area contributed by atoms with Crippen molar-refractivity contribution in [1.82, 2.24) is 24.9 Å². The highest BCUT2D eigenvalue weighted by molar-refractivity contribution is 6.39. The number of unbranched alkanes of at least 4 members (excludes halogenated alkanes) is 1. The van der Waals surface area contributed by atoms with Crippen molar-refractivity contribution in [2.75, 3.05) is 44.6 Å². The van der Waals surface area contributed by atoms with Gasteiger partial charge in [0, 0.05) is 38.3 Å². The lowest BCUT2D eigenvalue weighted by Crippen LogP contribution is -2.48. The van der Waals surface area contributed by atoms with Crippen molar-refractivity contribution in [2.45, 2.75) is 64.5 Å². The van der Waals surface area contributed by atoms with E-state index in [2.05, 4.69) is 39.4 Å². The molecular formula is C21H36N6O2. The van der Waals surface area contributed by atoms with Gasteiger partial charge in [0.25, 0.3) is 0 Å². The Morgan fingerprint density at radius 1 is 1.03 bits per heavy atom. The zero-order valence-electron chi connectivity index (χ0n) is 17.9. The Hall–Kier alpha value is -1.93. The average Bonchev–Trinajstić information content (AvgIpc) is 3.21. The molecule has 3 rings (SSSR count). The third kappa shape index (κ3) is 6.02. The van der Waals surface area contributed by atoms with Crippen LogP contribution in [0.25, 0.3) is 0 Å². The van der Waals surface area contributed by atoms with Gasteiger partial charge in [-0.1, -0.05) is 20.3 Å². The molecule has 2 amide bonds. The van der Waals surface area contributed by atoms with E-state index < -0.39 is 11.8 Å². The quantitative estimate of drug-likeness (QED) is 0.678.